The zero-order valence-electron chi connectivity index (χ0n) is 15.6. The van der Waals surface area contributed by atoms with Gasteiger partial charge in [-0.3, -0.25) is 4.68 Å². The third kappa shape index (κ3) is 5.32. The number of urea groups is 1. The molecular weight excluding hydrogens is 316 g/mol. The van der Waals surface area contributed by atoms with Gasteiger partial charge in [-0.25, -0.2) is 4.79 Å². The molecule has 0 saturated heterocycles. The minimum atomic E-state index is -0.742. The van der Waals surface area contributed by atoms with Crippen LogP contribution in [0.1, 0.15) is 56.5 Å². The SMILES string of the molecule is CC(NC(=O)NCC(O)c1ccc(C(C)(C)C)cc1)c1cnn(C)c1. The number of aryl methyl sites for hydroxylation is 1. The van der Waals surface area contributed by atoms with Gasteiger partial charge in [0.05, 0.1) is 18.3 Å². The van der Waals surface area contributed by atoms with Gasteiger partial charge in [-0.1, -0.05) is 45.0 Å². The van der Waals surface area contributed by atoms with Gasteiger partial charge in [0.2, 0.25) is 0 Å². The van der Waals surface area contributed by atoms with Crippen molar-refractivity contribution in [3.63, 3.8) is 0 Å². The van der Waals surface area contributed by atoms with Crippen molar-refractivity contribution in [2.75, 3.05) is 6.54 Å². The number of aromatic nitrogens is 2. The topological polar surface area (TPSA) is 79.2 Å². The van der Waals surface area contributed by atoms with E-state index in [0.29, 0.717) is 0 Å². The maximum Gasteiger partial charge on any atom is 0.315 e. The Morgan fingerprint density at radius 2 is 1.88 bits per heavy atom. The molecule has 2 aromatic rings. The highest BCUT2D eigenvalue weighted by atomic mass is 16.3. The van der Waals surface area contributed by atoms with Crippen molar-refractivity contribution in [2.45, 2.75) is 45.3 Å². The molecule has 2 rings (SSSR count). The van der Waals surface area contributed by atoms with E-state index in [9.17, 15) is 9.90 Å². The number of carbonyl (C=O) groups is 1. The number of rotatable bonds is 5. The molecule has 0 bridgehead atoms. The zero-order valence-corrected chi connectivity index (χ0v) is 15.6. The molecule has 2 atom stereocenters. The molecule has 2 amide bonds. The third-order valence-electron chi connectivity index (χ3n) is 4.19. The van der Waals surface area contributed by atoms with Crippen LogP contribution in [0, 0.1) is 0 Å². The first-order chi connectivity index (χ1) is 11.7. The highest BCUT2D eigenvalue weighted by Gasteiger charge is 2.16. The molecule has 2 unspecified atom stereocenters. The standard InChI is InChI=1S/C19H28N4O2/c1-13(15-10-21-23(5)12-15)22-18(25)20-11-17(24)14-6-8-16(9-7-14)19(2,3)4/h6-10,12-13,17,24H,11H2,1-5H3,(H2,20,22,25). The molecule has 1 aromatic carbocycles. The second-order valence-electron chi connectivity index (χ2n) is 7.41. The lowest BCUT2D eigenvalue weighted by molar-refractivity contribution is 0.172. The first kappa shape index (κ1) is 19.0. The van der Waals surface area contributed by atoms with Gasteiger partial charge in [0.25, 0.3) is 0 Å². The Morgan fingerprint density at radius 3 is 2.40 bits per heavy atom. The van der Waals surface area contributed by atoms with Crippen LogP contribution in [0.25, 0.3) is 0 Å². The maximum atomic E-state index is 12.0. The number of amides is 2. The molecule has 1 heterocycles. The van der Waals surface area contributed by atoms with Crippen molar-refractivity contribution in [2.24, 2.45) is 7.05 Å². The Morgan fingerprint density at radius 1 is 1.24 bits per heavy atom. The predicted octanol–water partition coefficient (Wildman–Crippen LogP) is 2.81. The predicted molar refractivity (Wildman–Crippen MR) is 98.3 cm³/mol. The van der Waals surface area contributed by atoms with Gasteiger partial charge in [-0.2, -0.15) is 5.10 Å². The first-order valence-corrected chi connectivity index (χ1v) is 8.48. The number of nitrogens with one attached hydrogen (secondary N) is 2. The molecule has 136 valence electrons. The third-order valence-corrected chi connectivity index (χ3v) is 4.19. The molecule has 1 aromatic heterocycles. The number of aliphatic hydroxyl groups excluding tert-OH is 1. The van der Waals surface area contributed by atoms with Crippen LogP contribution in [-0.2, 0) is 12.5 Å². The highest BCUT2D eigenvalue weighted by Crippen LogP contribution is 2.23. The second-order valence-corrected chi connectivity index (χ2v) is 7.41. The lowest BCUT2D eigenvalue weighted by Crippen LogP contribution is -2.39. The molecular formula is C19H28N4O2. The summed E-state index contributed by atoms with van der Waals surface area (Å²) in [6, 6.07) is 7.37. The summed E-state index contributed by atoms with van der Waals surface area (Å²) >= 11 is 0. The Labute approximate surface area is 149 Å². The van der Waals surface area contributed by atoms with Crippen LogP contribution in [0.3, 0.4) is 0 Å². The van der Waals surface area contributed by atoms with Crippen molar-refractivity contribution >= 4 is 6.03 Å². The van der Waals surface area contributed by atoms with Gasteiger partial charge < -0.3 is 15.7 Å². The molecule has 0 radical (unpaired) electrons. The Bertz CT molecular complexity index is 701. The molecule has 25 heavy (non-hydrogen) atoms. The number of hydrogen-bond acceptors (Lipinski definition) is 3. The fourth-order valence-corrected chi connectivity index (χ4v) is 2.51. The van der Waals surface area contributed by atoms with Crippen molar-refractivity contribution in [1.29, 1.82) is 0 Å². The van der Waals surface area contributed by atoms with Gasteiger partial charge in [-0.05, 0) is 23.5 Å². The van der Waals surface area contributed by atoms with E-state index in [0.717, 1.165) is 11.1 Å². The van der Waals surface area contributed by atoms with Crippen LogP contribution in [0.4, 0.5) is 4.79 Å². The summed E-state index contributed by atoms with van der Waals surface area (Å²) in [4.78, 5) is 12.0. The summed E-state index contributed by atoms with van der Waals surface area (Å²) in [5, 5.41) is 19.9. The first-order valence-electron chi connectivity index (χ1n) is 8.48. The van der Waals surface area contributed by atoms with E-state index in [1.165, 1.54) is 5.56 Å². The summed E-state index contributed by atoms with van der Waals surface area (Å²) in [7, 11) is 1.83. The Kier molecular flexibility index (Phi) is 5.85. The summed E-state index contributed by atoms with van der Waals surface area (Å²) < 4.78 is 1.69. The van der Waals surface area contributed by atoms with Crippen molar-refractivity contribution in [3.05, 3.63) is 53.3 Å². The van der Waals surface area contributed by atoms with Crippen LogP contribution in [0.5, 0.6) is 0 Å². The number of hydrogen-bond donors (Lipinski definition) is 3. The van der Waals surface area contributed by atoms with E-state index in [1.807, 2.05) is 44.4 Å². The lowest BCUT2D eigenvalue weighted by atomic mass is 9.86. The zero-order chi connectivity index (χ0) is 18.6. The van der Waals surface area contributed by atoms with Crippen LogP contribution in [0.2, 0.25) is 0 Å². The molecule has 0 saturated carbocycles. The molecule has 0 aliphatic carbocycles. The maximum absolute atomic E-state index is 12.0. The van der Waals surface area contributed by atoms with Gasteiger partial charge in [0.1, 0.15) is 0 Å². The Balaban J connectivity index is 1.84. The van der Waals surface area contributed by atoms with E-state index in [1.54, 1.807) is 10.9 Å². The summed E-state index contributed by atoms with van der Waals surface area (Å²) in [5.41, 5.74) is 2.99. The molecule has 0 spiro atoms. The monoisotopic (exact) mass is 344 g/mol. The summed E-state index contributed by atoms with van der Waals surface area (Å²) in [6.07, 6.45) is 2.83. The van der Waals surface area contributed by atoms with Gasteiger partial charge in [0, 0.05) is 25.4 Å². The van der Waals surface area contributed by atoms with Gasteiger partial charge in [0.15, 0.2) is 0 Å². The fourth-order valence-electron chi connectivity index (χ4n) is 2.51. The number of carbonyl (C=O) groups excluding carboxylic acids is 1. The van der Waals surface area contributed by atoms with E-state index in [2.05, 4.69) is 36.5 Å². The molecule has 6 nitrogen and oxygen atoms in total. The van der Waals surface area contributed by atoms with Crippen LogP contribution in [-0.4, -0.2) is 27.5 Å². The summed E-state index contributed by atoms with van der Waals surface area (Å²) in [6.45, 7) is 8.48. The smallest absolute Gasteiger partial charge is 0.315 e. The molecule has 3 N–H and O–H groups in total. The average Bonchev–Trinajstić information content (AvgIpc) is 2.98. The molecule has 6 heteroatoms. The van der Waals surface area contributed by atoms with Crippen molar-refractivity contribution < 1.29 is 9.90 Å². The Hall–Kier alpha value is -2.34. The number of nitrogens with zero attached hydrogens (tertiary/aromatic N) is 2. The normalized spacial score (nSPS) is 14.0. The highest BCUT2D eigenvalue weighted by molar-refractivity contribution is 5.74. The van der Waals surface area contributed by atoms with Gasteiger partial charge >= 0.3 is 6.03 Å². The molecule has 0 aliphatic rings. The van der Waals surface area contributed by atoms with E-state index < -0.39 is 6.10 Å². The minimum Gasteiger partial charge on any atom is -0.387 e. The van der Waals surface area contributed by atoms with Crippen LogP contribution in [0.15, 0.2) is 36.7 Å². The van der Waals surface area contributed by atoms with Gasteiger partial charge in [-0.15, -0.1) is 0 Å². The second kappa shape index (κ2) is 7.70. The largest absolute Gasteiger partial charge is 0.387 e. The van der Waals surface area contributed by atoms with Crippen LogP contribution < -0.4 is 10.6 Å². The van der Waals surface area contributed by atoms with Crippen LogP contribution >= 0.6 is 0 Å². The van der Waals surface area contributed by atoms with E-state index in [-0.39, 0.29) is 24.0 Å². The number of benzene rings is 1. The molecule has 0 fully saturated rings. The average molecular weight is 344 g/mol. The van der Waals surface area contributed by atoms with Crippen molar-refractivity contribution in [3.8, 4) is 0 Å². The van der Waals surface area contributed by atoms with Crippen molar-refractivity contribution in [1.82, 2.24) is 20.4 Å². The molecule has 0 aliphatic heterocycles. The minimum absolute atomic E-state index is 0.0735. The fraction of sp³-hybridized carbons (Fsp3) is 0.474. The quantitative estimate of drug-likeness (QED) is 0.780. The number of aliphatic hydroxyl groups is 1. The van der Waals surface area contributed by atoms with E-state index >= 15 is 0 Å². The lowest BCUT2D eigenvalue weighted by Gasteiger charge is -2.20. The van der Waals surface area contributed by atoms with E-state index in [4.69, 9.17) is 0 Å². The summed E-state index contributed by atoms with van der Waals surface area (Å²) in [5.74, 6) is 0.